The lowest BCUT2D eigenvalue weighted by molar-refractivity contribution is -0.133. The molecule has 7 heteroatoms. The van der Waals surface area contributed by atoms with Crippen LogP contribution in [0.25, 0.3) is 0 Å². The van der Waals surface area contributed by atoms with Crippen molar-refractivity contribution < 1.29 is 14.6 Å². The largest absolute Gasteiger partial charge is 0.481 e. The van der Waals surface area contributed by atoms with Gasteiger partial charge in [0.15, 0.2) is 5.16 Å². The Kier molecular flexibility index (Phi) is 5.87. The Labute approximate surface area is 109 Å². The van der Waals surface area contributed by atoms with Crippen molar-refractivity contribution in [1.82, 2.24) is 9.55 Å². The summed E-state index contributed by atoms with van der Waals surface area (Å²) >= 11 is 1.04. The number of carboxylic acid groups (broad SMARTS) is 1. The Morgan fingerprint density at radius 2 is 2.39 bits per heavy atom. The standard InChI is InChI=1S/C11H16N2O4S/c1-8(6-17-2)5-13-4-3-9(14)12-11(13)18-7-10(15)16/h3-4,8H,5-7H2,1-2H3,(H,15,16). The van der Waals surface area contributed by atoms with E-state index in [0.717, 1.165) is 11.8 Å². The van der Waals surface area contributed by atoms with E-state index < -0.39 is 5.97 Å². The van der Waals surface area contributed by atoms with Crippen LogP contribution in [-0.4, -0.2) is 40.1 Å². The lowest BCUT2D eigenvalue weighted by Crippen LogP contribution is -2.19. The third kappa shape index (κ3) is 4.89. The zero-order valence-corrected chi connectivity index (χ0v) is 11.1. The van der Waals surface area contributed by atoms with E-state index >= 15 is 0 Å². The van der Waals surface area contributed by atoms with Crippen LogP contribution in [0.5, 0.6) is 0 Å². The molecule has 18 heavy (non-hydrogen) atoms. The number of rotatable bonds is 7. The second kappa shape index (κ2) is 7.17. The molecule has 1 aromatic heterocycles. The number of carboxylic acids is 1. The van der Waals surface area contributed by atoms with E-state index in [1.165, 1.54) is 6.07 Å². The molecular weight excluding hydrogens is 256 g/mol. The van der Waals surface area contributed by atoms with E-state index in [9.17, 15) is 9.59 Å². The average molecular weight is 272 g/mol. The highest BCUT2D eigenvalue weighted by molar-refractivity contribution is 7.99. The highest BCUT2D eigenvalue weighted by Crippen LogP contribution is 2.15. The summed E-state index contributed by atoms with van der Waals surface area (Å²) in [7, 11) is 1.63. The number of ether oxygens (including phenoxy) is 1. The first-order chi connectivity index (χ1) is 8.52. The van der Waals surface area contributed by atoms with Gasteiger partial charge in [0.05, 0.1) is 12.4 Å². The SMILES string of the molecule is COCC(C)Cn1ccc(=O)nc1SCC(=O)O. The van der Waals surface area contributed by atoms with Crippen LogP contribution in [0.1, 0.15) is 6.92 Å². The molecule has 0 saturated carbocycles. The monoisotopic (exact) mass is 272 g/mol. The van der Waals surface area contributed by atoms with Crippen molar-refractivity contribution in [2.24, 2.45) is 5.92 Å². The third-order valence-electron chi connectivity index (χ3n) is 2.13. The van der Waals surface area contributed by atoms with Gasteiger partial charge in [-0.15, -0.1) is 0 Å². The Morgan fingerprint density at radius 3 is 3.00 bits per heavy atom. The minimum absolute atomic E-state index is 0.116. The average Bonchev–Trinajstić information content (AvgIpc) is 2.29. The topological polar surface area (TPSA) is 81.4 Å². The molecule has 100 valence electrons. The predicted octanol–water partition coefficient (Wildman–Crippen LogP) is 0.703. The van der Waals surface area contributed by atoms with Gasteiger partial charge in [0.1, 0.15) is 0 Å². The summed E-state index contributed by atoms with van der Waals surface area (Å²) in [5.41, 5.74) is -0.362. The molecule has 1 rings (SSSR count). The van der Waals surface area contributed by atoms with Gasteiger partial charge < -0.3 is 14.4 Å². The van der Waals surface area contributed by atoms with Gasteiger partial charge in [0, 0.05) is 25.9 Å². The molecule has 0 aliphatic carbocycles. The molecule has 1 aromatic rings. The second-order valence-corrected chi connectivity index (χ2v) is 4.89. The fraction of sp³-hybridized carbons (Fsp3) is 0.545. The normalized spacial score (nSPS) is 12.3. The Balaban J connectivity index is 2.82. The summed E-state index contributed by atoms with van der Waals surface area (Å²) in [5.74, 6) is -0.798. The zero-order chi connectivity index (χ0) is 13.5. The van der Waals surface area contributed by atoms with Gasteiger partial charge in [-0.05, 0) is 5.92 Å². The first-order valence-electron chi connectivity index (χ1n) is 5.44. The molecule has 0 amide bonds. The van der Waals surface area contributed by atoms with Crippen molar-refractivity contribution in [2.75, 3.05) is 19.5 Å². The first kappa shape index (κ1) is 14.7. The van der Waals surface area contributed by atoms with Crippen molar-refractivity contribution in [3.05, 3.63) is 22.6 Å². The second-order valence-electron chi connectivity index (χ2n) is 3.94. The summed E-state index contributed by atoms with van der Waals surface area (Å²) in [6.45, 7) is 3.23. The van der Waals surface area contributed by atoms with E-state index in [4.69, 9.17) is 9.84 Å². The summed E-state index contributed by atoms with van der Waals surface area (Å²) in [5, 5.41) is 9.07. The highest BCUT2D eigenvalue weighted by Gasteiger charge is 2.09. The maximum Gasteiger partial charge on any atom is 0.313 e. The number of thioether (sulfide) groups is 1. The maximum atomic E-state index is 11.2. The Bertz CT molecular complexity index is 461. The van der Waals surface area contributed by atoms with Crippen LogP contribution in [-0.2, 0) is 16.1 Å². The van der Waals surface area contributed by atoms with Crippen molar-refractivity contribution in [3.63, 3.8) is 0 Å². The fourth-order valence-electron chi connectivity index (χ4n) is 1.47. The van der Waals surface area contributed by atoms with Crippen LogP contribution in [0.3, 0.4) is 0 Å². The van der Waals surface area contributed by atoms with Crippen molar-refractivity contribution in [2.45, 2.75) is 18.6 Å². The molecule has 0 aromatic carbocycles. The molecule has 0 radical (unpaired) electrons. The zero-order valence-electron chi connectivity index (χ0n) is 10.3. The number of aliphatic carboxylic acids is 1. The lowest BCUT2D eigenvalue weighted by atomic mass is 10.2. The molecular formula is C11H16N2O4S. The van der Waals surface area contributed by atoms with E-state index in [-0.39, 0.29) is 17.2 Å². The molecule has 1 atom stereocenters. The fourth-order valence-corrected chi connectivity index (χ4v) is 2.17. The molecule has 6 nitrogen and oxygen atoms in total. The lowest BCUT2D eigenvalue weighted by Gasteiger charge is -2.15. The molecule has 0 aliphatic heterocycles. The van der Waals surface area contributed by atoms with Gasteiger partial charge in [-0.3, -0.25) is 9.59 Å². The van der Waals surface area contributed by atoms with Crippen LogP contribution in [0.2, 0.25) is 0 Å². The van der Waals surface area contributed by atoms with E-state index in [0.29, 0.717) is 18.3 Å². The number of carbonyl (C=O) groups is 1. The van der Waals surface area contributed by atoms with Crippen LogP contribution >= 0.6 is 11.8 Å². The summed E-state index contributed by atoms with van der Waals surface area (Å²) in [6.07, 6.45) is 1.63. The Hall–Kier alpha value is -1.34. The van der Waals surface area contributed by atoms with E-state index in [2.05, 4.69) is 4.98 Å². The van der Waals surface area contributed by atoms with Gasteiger partial charge in [-0.2, -0.15) is 4.98 Å². The van der Waals surface area contributed by atoms with Gasteiger partial charge in [-0.1, -0.05) is 18.7 Å². The van der Waals surface area contributed by atoms with E-state index in [1.807, 2.05) is 6.92 Å². The molecule has 0 fully saturated rings. The van der Waals surface area contributed by atoms with Crippen LogP contribution in [0.4, 0.5) is 0 Å². The first-order valence-corrected chi connectivity index (χ1v) is 6.42. The van der Waals surface area contributed by atoms with Crippen molar-refractivity contribution in [1.29, 1.82) is 0 Å². The highest BCUT2D eigenvalue weighted by atomic mass is 32.2. The smallest absolute Gasteiger partial charge is 0.313 e. The van der Waals surface area contributed by atoms with Gasteiger partial charge in [0.25, 0.3) is 5.56 Å². The maximum absolute atomic E-state index is 11.2. The predicted molar refractivity (Wildman–Crippen MR) is 67.9 cm³/mol. The quantitative estimate of drug-likeness (QED) is 0.581. The van der Waals surface area contributed by atoms with Crippen LogP contribution in [0, 0.1) is 5.92 Å². The molecule has 1 heterocycles. The molecule has 0 spiro atoms. The molecule has 0 bridgehead atoms. The van der Waals surface area contributed by atoms with Crippen molar-refractivity contribution >= 4 is 17.7 Å². The summed E-state index contributed by atoms with van der Waals surface area (Å²) in [6, 6.07) is 1.37. The van der Waals surface area contributed by atoms with Crippen LogP contribution < -0.4 is 5.56 Å². The number of nitrogens with zero attached hydrogens (tertiary/aromatic N) is 2. The minimum Gasteiger partial charge on any atom is -0.481 e. The molecule has 1 unspecified atom stereocenters. The number of methoxy groups -OCH3 is 1. The van der Waals surface area contributed by atoms with Gasteiger partial charge in [0.2, 0.25) is 0 Å². The number of hydrogen-bond donors (Lipinski definition) is 1. The molecule has 0 saturated heterocycles. The third-order valence-corrected chi connectivity index (χ3v) is 3.11. The van der Waals surface area contributed by atoms with E-state index in [1.54, 1.807) is 17.9 Å². The molecule has 1 N–H and O–H groups in total. The van der Waals surface area contributed by atoms with Gasteiger partial charge in [-0.25, -0.2) is 0 Å². The molecule has 0 aliphatic rings. The summed E-state index contributed by atoms with van der Waals surface area (Å²) < 4.78 is 6.82. The van der Waals surface area contributed by atoms with Crippen LogP contribution in [0.15, 0.2) is 22.2 Å². The number of aromatic nitrogens is 2. The van der Waals surface area contributed by atoms with Crippen molar-refractivity contribution in [3.8, 4) is 0 Å². The summed E-state index contributed by atoms with van der Waals surface area (Å²) in [4.78, 5) is 25.6. The Morgan fingerprint density at radius 1 is 1.67 bits per heavy atom. The van der Waals surface area contributed by atoms with Gasteiger partial charge >= 0.3 is 5.97 Å². The minimum atomic E-state index is -0.936. The number of hydrogen-bond acceptors (Lipinski definition) is 5.